The lowest BCUT2D eigenvalue weighted by molar-refractivity contribution is -0.141. The molecule has 0 saturated carbocycles. The van der Waals surface area contributed by atoms with Crippen LogP contribution in [0.25, 0.3) is 44.1 Å². The highest BCUT2D eigenvalue weighted by molar-refractivity contribution is 14.1. The molecule has 0 spiro atoms. The lowest BCUT2D eigenvalue weighted by Crippen LogP contribution is -2.43. The fraction of sp³-hybridized carbons (Fsp3) is 0.419. The number of benzene rings is 4. The summed E-state index contributed by atoms with van der Waals surface area (Å²) in [6, 6.07) is 23.8. The maximum atomic E-state index is 12.1. The number of imidazole rings is 4. The number of piperidine rings is 2. The number of nitrogens with zero attached hydrogens (tertiary/aromatic N) is 14. The minimum absolute atomic E-state index is 0.181. The highest BCUT2D eigenvalue weighted by Crippen LogP contribution is 2.48. The zero-order chi connectivity index (χ0) is 88.8. The number of hydrogen-bond acceptors (Lipinski definition) is 30. The van der Waals surface area contributed by atoms with Gasteiger partial charge in [0.2, 0.25) is 27.2 Å². The number of aliphatic hydroxyl groups is 2. The average Bonchev–Trinajstić information content (AvgIpc) is 1.64. The molecule has 2 atom stereocenters. The number of rotatable bonds is 24. The Morgan fingerprint density at radius 3 is 0.984 bits per heavy atom. The number of ether oxygens (including phenoxy) is 8. The van der Waals surface area contributed by atoms with Crippen molar-refractivity contribution in [3.63, 3.8) is 0 Å². The summed E-state index contributed by atoms with van der Waals surface area (Å²) < 4.78 is 57.3. The molecule has 0 bridgehead atoms. The lowest BCUT2D eigenvalue weighted by atomic mass is 9.93. The van der Waals surface area contributed by atoms with Gasteiger partial charge in [-0.25, -0.2) is 39.9 Å². The highest BCUT2D eigenvalue weighted by Gasteiger charge is 2.31. The molecule has 14 heterocycles. The number of likely N-dealkylation sites (tertiary alicyclic amines) is 2. The van der Waals surface area contributed by atoms with Crippen molar-refractivity contribution in [1.29, 1.82) is 0 Å². The molecule has 6 aliphatic heterocycles. The summed E-state index contributed by atoms with van der Waals surface area (Å²) in [5.41, 5.74) is 31.8. The number of hydrogen-bond donors (Lipinski definition) is 8. The fourth-order valence-electron chi connectivity index (χ4n) is 15.0. The van der Waals surface area contributed by atoms with E-state index in [1.807, 2.05) is 72.8 Å². The van der Waals surface area contributed by atoms with Gasteiger partial charge in [-0.15, -0.1) is 0 Å². The van der Waals surface area contributed by atoms with E-state index in [0.717, 1.165) is 224 Å². The standard InChI is InChI=1S/2C23H26IN5O4S.2C20H24IN5O2S/c2*1-13(30)22(31)28-7-3-14(4-8-28)5-9-29-16-2-6-26-21(25)20(16)27-23(29)34-19-11-18-17(10-15(19)24)32-12-33-18;2*1-20(2,3)10-23-6-7-26-13-4-5-24-18(22)17(13)25-19(26)29-16-9-15-14(8-12(16)21)27-11-28-15/h2*2,6,10-11,13-14,30H,3-5,7-9,12H2,1H3,(H2,25,26);2*4-5,8-9,23H,6-7,10-11H2,1-3H3,(H2,22,24)/t2*13-;;/m00../s1/i24+4;24-3;21+4;21-3. The quantitative estimate of drug-likeness (QED) is 0.0206. The molecule has 2 saturated heterocycles. The number of aliphatic hydroxyl groups excluding tert-OH is 2. The van der Waals surface area contributed by atoms with Gasteiger partial charge in [0, 0.05) is 137 Å². The van der Waals surface area contributed by atoms with Crippen molar-refractivity contribution in [1.82, 2.24) is 78.6 Å². The van der Waals surface area contributed by atoms with Gasteiger partial charge in [0.15, 0.2) is 89.9 Å². The number of fused-ring (bicyclic) bond motifs is 8. The Morgan fingerprint density at radius 2 is 0.698 bits per heavy atom. The van der Waals surface area contributed by atoms with Gasteiger partial charge in [0.1, 0.15) is 34.3 Å². The molecule has 0 aliphatic carbocycles. The van der Waals surface area contributed by atoms with Gasteiger partial charge in [-0.3, -0.25) is 9.59 Å². The first-order valence-corrected chi connectivity index (χ1v) is 48.9. The van der Waals surface area contributed by atoms with Crippen LogP contribution in [0.2, 0.25) is 0 Å². The summed E-state index contributed by atoms with van der Waals surface area (Å²) in [5.74, 6) is 8.48. The van der Waals surface area contributed by atoms with Crippen molar-refractivity contribution in [2.45, 2.75) is 173 Å². The second-order valence-electron chi connectivity index (χ2n) is 33.3. The summed E-state index contributed by atoms with van der Waals surface area (Å²) in [6.07, 6.45) is 10.7. The number of carbonyl (C=O) groups is 2. The van der Waals surface area contributed by atoms with Gasteiger partial charge >= 0.3 is 0 Å². The van der Waals surface area contributed by atoms with E-state index in [0.29, 0.717) is 72.3 Å². The lowest BCUT2D eigenvalue weighted by Gasteiger charge is -2.32. The van der Waals surface area contributed by atoms with Crippen molar-refractivity contribution >= 4 is 217 Å². The molecule has 18 rings (SSSR count). The van der Waals surface area contributed by atoms with E-state index in [1.54, 1.807) is 81.6 Å². The molecule has 32 nitrogen and oxygen atoms in total. The molecule has 0 unspecified atom stereocenters. The van der Waals surface area contributed by atoms with Crippen molar-refractivity contribution in [2.75, 3.05) is 102 Å². The fourth-order valence-corrected chi connectivity index (χ4v) is 21.9. The number of carbonyl (C=O) groups excluding carboxylic acids is 2. The molecule has 12 aromatic rings. The van der Waals surface area contributed by atoms with E-state index in [2.05, 4.69) is 181 Å². The van der Waals surface area contributed by atoms with Gasteiger partial charge < -0.3 is 110 Å². The molecule has 4 aromatic carbocycles. The van der Waals surface area contributed by atoms with Crippen molar-refractivity contribution < 1.29 is 57.7 Å². The van der Waals surface area contributed by atoms with E-state index in [4.69, 9.17) is 80.8 Å². The molecular weight excluding hydrogens is 2140 g/mol. The zero-order valence-corrected chi connectivity index (χ0v) is 82.7. The monoisotopic (exact) mass is 2240 g/mol. The maximum absolute atomic E-state index is 12.1. The van der Waals surface area contributed by atoms with E-state index < -0.39 is 12.2 Å². The number of amides is 2. The molecule has 0 radical (unpaired) electrons. The molecule has 2 fully saturated rings. The van der Waals surface area contributed by atoms with Crippen LogP contribution in [-0.4, -0.2) is 182 Å². The van der Waals surface area contributed by atoms with E-state index >= 15 is 0 Å². The van der Waals surface area contributed by atoms with Gasteiger partial charge in [-0.2, -0.15) is 0 Å². The third kappa shape index (κ3) is 22.4. The Kier molecular flexibility index (Phi) is 30.2. The van der Waals surface area contributed by atoms with E-state index in [9.17, 15) is 19.8 Å². The van der Waals surface area contributed by atoms with Crippen LogP contribution in [0.15, 0.2) is 138 Å². The summed E-state index contributed by atoms with van der Waals surface area (Å²) >= 11 is 15.6. The number of aryl methyl sites for hydroxylation is 2. The number of nitrogens with one attached hydrogen (secondary N) is 2. The molecule has 668 valence electrons. The Bertz CT molecular complexity index is 5620. The number of anilines is 4. The minimum Gasteiger partial charge on any atom is -0.454 e. The van der Waals surface area contributed by atoms with Crippen LogP contribution in [0.1, 0.15) is 93.9 Å². The predicted octanol–water partition coefficient (Wildman–Crippen LogP) is 15.3. The largest absolute Gasteiger partial charge is 0.454 e. The van der Waals surface area contributed by atoms with E-state index in [1.165, 1.54) is 13.8 Å². The number of aromatic nitrogens is 12. The summed E-state index contributed by atoms with van der Waals surface area (Å²) in [5, 5.41) is 29.7. The Hall–Kier alpha value is -7.94. The third-order valence-corrected chi connectivity index (χ3v) is 30.8. The molecule has 6 aliphatic rings. The first-order chi connectivity index (χ1) is 60.4. The molecule has 12 N–H and O–H groups in total. The first-order valence-electron chi connectivity index (χ1n) is 41.3. The smallest absolute Gasteiger partial charge is 0.251 e. The van der Waals surface area contributed by atoms with Gasteiger partial charge in [0.25, 0.3) is 11.8 Å². The van der Waals surface area contributed by atoms with Gasteiger partial charge in [0.05, 0.1) is 22.1 Å². The number of pyridine rings is 4. The van der Waals surface area contributed by atoms with Gasteiger partial charge in [-0.05, 0) is 238 Å². The topological polar surface area (TPSA) is 406 Å². The third-order valence-electron chi connectivity index (χ3n) is 21.6. The van der Waals surface area contributed by atoms with Crippen LogP contribution in [0.5, 0.6) is 46.0 Å². The van der Waals surface area contributed by atoms with E-state index in [-0.39, 0.29) is 49.8 Å². The number of nitrogen functional groups attached to an aromatic ring is 4. The van der Waals surface area contributed by atoms with Crippen LogP contribution >= 0.6 is 137 Å². The average molecular weight is 2240 g/mol. The highest BCUT2D eigenvalue weighted by atomic mass is 131. The van der Waals surface area contributed by atoms with Crippen LogP contribution in [0.4, 0.5) is 23.3 Å². The normalized spacial score (nSPS) is 15.3. The molecule has 8 aromatic heterocycles. The second-order valence-corrected chi connectivity index (χ2v) is 42.0. The zero-order valence-electron chi connectivity index (χ0n) is 70.8. The SMILES string of the molecule is CC(C)(C)CNCCn1c(Sc2cc3c(cc2[124I])OCO3)nc2c(N)nccc21.CC(C)(C)CNCCn1c(Sc2cc3c(cc2[131I])OCO3)nc2c(N)nccc21.C[C@H](O)C(=O)N1CCC(CCn2c(Sc3cc4c(cc3[124I])OCO4)nc3c(N)nccc32)CC1.C[C@H](O)C(=O)N1CCC(CCn2c(Sc3cc4c(cc3[131I])OCO4)nc3c(N)nccc32)CC1. The van der Waals surface area contributed by atoms with Crippen LogP contribution in [-0.2, 0) is 35.8 Å². The van der Waals surface area contributed by atoms with Crippen molar-refractivity contribution in [2.24, 2.45) is 22.7 Å². The Balaban J connectivity index is 0.000000130. The second kappa shape index (κ2) is 41.0. The number of nitrogens with two attached hydrogens (primary N) is 4. The van der Waals surface area contributed by atoms with Gasteiger partial charge in [-0.1, -0.05) is 88.6 Å². The summed E-state index contributed by atoms with van der Waals surface area (Å²) in [4.78, 5) is 68.0. The van der Waals surface area contributed by atoms with Crippen molar-refractivity contribution in [3.8, 4) is 46.0 Å². The minimum atomic E-state index is -0.938. The molecular formula is C86H100I4N20O12S4. The molecule has 126 heavy (non-hydrogen) atoms. The molecule has 2 amide bonds. The number of halogens is 4. The van der Waals surface area contributed by atoms with Crippen molar-refractivity contribution in [3.05, 3.63) is 112 Å². The van der Waals surface area contributed by atoms with Crippen LogP contribution in [0, 0.1) is 36.9 Å². The Morgan fingerprint density at radius 1 is 0.437 bits per heavy atom. The summed E-state index contributed by atoms with van der Waals surface area (Å²) in [6.45, 7) is 26.9. The Labute approximate surface area is 800 Å². The van der Waals surface area contributed by atoms with Crippen LogP contribution in [0.3, 0.4) is 0 Å². The molecule has 40 heteroatoms. The summed E-state index contributed by atoms with van der Waals surface area (Å²) in [7, 11) is 0. The first kappa shape index (κ1) is 92.8. The predicted molar refractivity (Wildman–Crippen MR) is 521 cm³/mol. The maximum Gasteiger partial charge on any atom is 0.251 e. The van der Waals surface area contributed by atoms with Crippen LogP contribution < -0.4 is 71.5 Å².